The number of rotatable bonds is 2. The highest BCUT2D eigenvalue weighted by Gasteiger charge is 2.36. The SMILES string of the molecule is C[C@H](O)c1cc(F)ccc1N1CCN2C(=O)NCC2C1. The number of benzene rings is 1. The number of carbonyl (C=O) groups is 1. The van der Waals surface area contributed by atoms with Crippen LogP contribution in [0.1, 0.15) is 18.6 Å². The summed E-state index contributed by atoms with van der Waals surface area (Å²) in [6.07, 6.45) is -0.720. The van der Waals surface area contributed by atoms with Gasteiger partial charge >= 0.3 is 6.03 Å². The van der Waals surface area contributed by atoms with Crippen LogP contribution < -0.4 is 10.2 Å². The molecule has 0 spiro atoms. The molecule has 2 amide bonds. The van der Waals surface area contributed by atoms with Gasteiger partial charge in [0.15, 0.2) is 0 Å². The summed E-state index contributed by atoms with van der Waals surface area (Å²) in [6.45, 7) is 4.31. The van der Waals surface area contributed by atoms with Crippen molar-refractivity contribution in [2.75, 3.05) is 31.1 Å². The normalized spacial score (nSPS) is 23.6. The maximum Gasteiger partial charge on any atom is 0.317 e. The predicted molar refractivity (Wildman–Crippen MR) is 73.1 cm³/mol. The van der Waals surface area contributed by atoms with Gasteiger partial charge in [-0.15, -0.1) is 0 Å². The average molecular weight is 279 g/mol. The summed E-state index contributed by atoms with van der Waals surface area (Å²) < 4.78 is 13.3. The fourth-order valence-corrected chi connectivity index (χ4v) is 2.97. The van der Waals surface area contributed by atoms with Gasteiger partial charge in [0.2, 0.25) is 0 Å². The van der Waals surface area contributed by atoms with Gasteiger partial charge in [-0.2, -0.15) is 0 Å². The van der Waals surface area contributed by atoms with E-state index in [-0.39, 0.29) is 17.9 Å². The molecular weight excluding hydrogens is 261 g/mol. The number of hydrogen-bond donors (Lipinski definition) is 2. The molecule has 108 valence electrons. The van der Waals surface area contributed by atoms with Crippen LogP contribution in [0.2, 0.25) is 0 Å². The minimum absolute atomic E-state index is 0.00972. The van der Waals surface area contributed by atoms with Gasteiger partial charge in [-0.25, -0.2) is 9.18 Å². The lowest BCUT2D eigenvalue weighted by molar-refractivity contribution is 0.193. The average Bonchev–Trinajstić information content (AvgIpc) is 2.80. The lowest BCUT2D eigenvalue weighted by Crippen LogP contribution is -2.52. The van der Waals surface area contributed by atoms with Gasteiger partial charge in [0.25, 0.3) is 0 Å². The zero-order chi connectivity index (χ0) is 14.3. The monoisotopic (exact) mass is 279 g/mol. The summed E-state index contributed by atoms with van der Waals surface area (Å²) in [6, 6.07) is 4.63. The largest absolute Gasteiger partial charge is 0.389 e. The molecule has 2 aliphatic heterocycles. The summed E-state index contributed by atoms with van der Waals surface area (Å²) in [5, 5.41) is 12.6. The number of hydrogen-bond acceptors (Lipinski definition) is 3. The van der Waals surface area contributed by atoms with Crippen LogP contribution in [-0.4, -0.2) is 48.3 Å². The van der Waals surface area contributed by atoms with Crippen LogP contribution in [0.3, 0.4) is 0 Å². The molecule has 0 aromatic heterocycles. The van der Waals surface area contributed by atoms with Crippen LogP contribution in [-0.2, 0) is 0 Å². The number of anilines is 1. The molecule has 1 aromatic rings. The van der Waals surface area contributed by atoms with Gasteiger partial charge in [0.05, 0.1) is 12.1 Å². The van der Waals surface area contributed by atoms with E-state index in [1.54, 1.807) is 13.0 Å². The fourth-order valence-electron chi connectivity index (χ4n) is 2.97. The van der Waals surface area contributed by atoms with Gasteiger partial charge in [-0.05, 0) is 25.1 Å². The Labute approximate surface area is 117 Å². The van der Waals surface area contributed by atoms with Crippen molar-refractivity contribution in [1.82, 2.24) is 10.2 Å². The first kappa shape index (κ1) is 13.2. The third-order valence-corrected chi connectivity index (χ3v) is 4.01. The summed E-state index contributed by atoms with van der Waals surface area (Å²) in [5.74, 6) is -0.346. The zero-order valence-corrected chi connectivity index (χ0v) is 11.3. The van der Waals surface area contributed by atoms with Crippen LogP contribution in [0.15, 0.2) is 18.2 Å². The first-order chi connectivity index (χ1) is 9.56. The van der Waals surface area contributed by atoms with Gasteiger partial charge in [0, 0.05) is 37.4 Å². The van der Waals surface area contributed by atoms with E-state index in [1.807, 2.05) is 4.90 Å². The van der Waals surface area contributed by atoms with E-state index in [1.165, 1.54) is 12.1 Å². The molecule has 1 aromatic carbocycles. The maximum atomic E-state index is 13.3. The lowest BCUT2D eigenvalue weighted by atomic mass is 10.0. The van der Waals surface area contributed by atoms with Crippen LogP contribution >= 0.6 is 0 Å². The molecule has 2 aliphatic rings. The lowest BCUT2D eigenvalue weighted by Gasteiger charge is -2.38. The smallest absolute Gasteiger partial charge is 0.317 e. The van der Waals surface area contributed by atoms with Gasteiger partial charge in [-0.3, -0.25) is 0 Å². The number of piperazine rings is 1. The van der Waals surface area contributed by atoms with Crippen molar-refractivity contribution in [2.24, 2.45) is 0 Å². The standard InChI is InChI=1S/C14H18FN3O2/c1-9(19)12-6-10(15)2-3-13(12)17-4-5-18-11(8-17)7-16-14(18)20/h2-3,6,9,11,19H,4-5,7-8H2,1H3,(H,16,20)/t9-,11?/m0/s1. The van der Waals surface area contributed by atoms with Crippen molar-refractivity contribution < 1.29 is 14.3 Å². The second-order valence-corrected chi connectivity index (χ2v) is 5.36. The van der Waals surface area contributed by atoms with E-state index in [9.17, 15) is 14.3 Å². The molecule has 3 rings (SSSR count). The highest BCUT2D eigenvalue weighted by atomic mass is 19.1. The number of aliphatic hydroxyl groups is 1. The van der Waals surface area contributed by atoms with Gasteiger partial charge in [0.1, 0.15) is 5.82 Å². The molecule has 2 N–H and O–H groups in total. The van der Waals surface area contributed by atoms with Crippen molar-refractivity contribution in [2.45, 2.75) is 19.1 Å². The molecule has 0 bridgehead atoms. The molecule has 6 heteroatoms. The first-order valence-electron chi connectivity index (χ1n) is 6.83. The highest BCUT2D eigenvalue weighted by molar-refractivity contribution is 5.77. The van der Waals surface area contributed by atoms with Crippen LogP contribution in [0, 0.1) is 5.82 Å². The number of fused-ring (bicyclic) bond motifs is 1. The number of aliphatic hydroxyl groups excluding tert-OH is 1. The van der Waals surface area contributed by atoms with Crippen LogP contribution in [0.4, 0.5) is 14.9 Å². The van der Waals surface area contributed by atoms with Gasteiger partial charge < -0.3 is 20.2 Å². The Hall–Kier alpha value is -1.82. The Morgan fingerprint density at radius 1 is 1.45 bits per heavy atom. The minimum atomic E-state index is -0.720. The van der Waals surface area contributed by atoms with Gasteiger partial charge in [-0.1, -0.05) is 0 Å². The molecule has 0 saturated carbocycles. The number of amides is 2. The van der Waals surface area contributed by atoms with E-state index in [0.29, 0.717) is 31.7 Å². The second kappa shape index (κ2) is 4.94. The fraction of sp³-hybridized carbons (Fsp3) is 0.500. The third-order valence-electron chi connectivity index (χ3n) is 4.01. The molecule has 20 heavy (non-hydrogen) atoms. The van der Waals surface area contributed by atoms with E-state index >= 15 is 0 Å². The van der Waals surface area contributed by atoms with E-state index < -0.39 is 6.10 Å². The Balaban J connectivity index is 1.85. The van der Waals surface area contributed by atoms with Crippen molar-refractivity contribution >= 4 is 11.7 Å². The van der Waals surface area contributed by atoms with Crippen LogP contribution in [0.25, 0.3) is 0 Å². The minimum Gasteiger partial charge on any atom is -0.389 e. The summed E-state index contributed by atoms with van der Waals surface area (Å²) in [5.41, 5.74) is 1.44. The van der Waals surface area contributed by atoms with E-state index in [0.717, 1.165) is 5.69 Å². The van der Waals surface area contributed by atoms with Crippen molar-refractivity contribution in [3.8, 4) is 0 Å². The third kappa shape index (κ3) is 2.20. The molecule has 5 nitrogen and oxygen atoms in total. The molecular formula is C14H18FN3O2. The number of halogens is 1. The highest BCUT2D eigenvalue weighted by Crippen LogP contribution is 2.29. The predicted octanol–water partition coefficient (Wildman–Crippen LogP) is 1.09. The Kier molecular flexibility index (Phi) is 3.25. The maximum absolute atomic E-state index is 13.3. The summed E-state index contributed by atoms with van der Waals surface area (Å²) in [4.78, 5) is 15.5. The molecule has 2 saturated heterocycles. The molecule has 1 unspecified atom stereocenters. The first-order valence-corrected chi connectivity index (χ1v) is 6.83. The van der Waals surface area contributed by atoms with E-state index in [4.69, 9.17) is 0 Å². The number of carbonyl (C=O) groups excluding carboxylic acids is 1. The van der Waals surface area contributed by atoms with Crippen LogP contribution in [0.5, 0.6) is 0 Å². The summed E-state index contributed by atoms with van der Waals surface area (Å²) >= 11 is 0. The van der Waals surface area contributed by atoms with Crippen molar-refractivity contribution in [3.05, 3.63) is 29.6 Å². The molecule has 0 radical (unpaired) electrons. The number of nitrogens with one attached hydrogen (secondary N) is 1. The Morgan fingerprint density at radius 3 is 3.00 bits per heavy atom. The number of nitrogens with zero attached hydrogens (tertiary/aromatic N) is 2. The molecule has 2 atom stereocenters. The molecule has 2 heterocycles. The van der Waals surface area contributed by atoms with Crippen molar-refractivity contribution in [1.29, 1.82) is 0 Å². The second-order valence-electron chi connectivity index (χ2n) is 5.36. The summed E-state index contributed by atoms with van der Waals surface area (Å²) in [7, 11) is 0. The topological polar surface area (TPSA) is 55.8 Å². The zero-order valence-electron chi connectivity index (χ0n) is 11.3. The molecule has 0 aliphatic carbocycles. The van der Waals surface area contributed by atoms with Crippen molar-refractivity contribution in [3.63, 3.8) is 0 Å². The Bertz CT molecular complexity index is 535. The molecule has 2 fully saturated rings. The number of urea groups is 1. The quantitative estimate of drug-likeness (QED) is 0.852. The Morgan fingerprint density at radius 2 is 2.25 bits per heavy atom. The van der Waals surface area contributed by atoms with E-state index in [2.05, 4.69) is 10.2 Å².